The fraction of sp³-hybridized carbons (Fsp3) is 0.278. The van der Waals surface area contributed by atoms with Gasteiger partial charge in [0.25, 0.3) is 5.91 Å². The van der Waals surface area contributed by atoms with E-state index in [1.165, 1.54) is 21.4 Å². The van der Waals surface area contributed by atoms with E-state index in [9.17, 15) is 4.79 Å². The number of carbonyl (C=O) groups excluding carboxylic acids is 1. The lowest BCUT2D eigenvalue weighted by molar-refractivity contribution is 0.0958. The zero-order chi connectivity index (χ0) is 15.5. The average Bonchev–Trinajstić information content (AvgIpc) is 3.11. The summed E-state index contributed by atoms with van der Waals surface area (Å²) in [6.45, 7) is 4.85. The van der Waals surface area contributed by atoms with Crippen molar-refractivity contribution < 1.29 is 4.79 Å². The highest BCUT2D eigenvalue weighted by atomic mass is 32.1. The molecule has 114 valence electrons. The Balaban J connectivity index is 1.61. The number of H-pyrrole nitrogens is 1. The third-order valence-electron chi connectivity index (χ3n) is 3.98. The molecule has 22 heavy (non-hydrogen) atoms. The number of fused-ring (bicyclic) bond motifs is 1. The smallest absolute Gasteiger partial charge is 0.261 e. The van der Waals surface area contributed by atoms with Crippen LogP contribution in [0.15, 0.2) is 36.5 Å². The fourth-order valence-electron chi connectivity index (χ4n) is 2.72. The van der Waals surface area contributed by atoms with E-state index in [2.05, 4.69) is 36.3 Å². The summed E-state index contributed by atoms with van der Waals surface area (Å²) >= 11 is 1.58. The monoisotopic (exact) mass is 312 g/mol. The summed E-state index contributed by atoms with van der Waals surface area (Å²) in [6, 6.07) is 10.3. The summed E-state index contributed by atoms with van der Waals surface area (Å²) in [4.78, 5) is 17.5. The Hall–Kier alpha value is -2.07. The molecule has 0 fully saturated rings. The van der Waals surface area contributed by atoms with Crippen LogP contribution in [0.3, 0.4) is 0 Å². The second-order valence-electron chi connectivity index (χ2n) is 5.41. The molecule has 1 aromatic carbocycles. The van der Waals surface area contributed by atoms with Gasteiger partial charge in [-0.05, 0) is 43.0 Å². The molecule has 0 aliphatic carbocycles. The van der Waals surface area contributed by atoms with E-state index >= 15 is 0 Å². The first kappa shape index (κ1) is 14.9. The molecule has 0 bridgehead atoms. The van der Waals surface area contributed by atoms with E-state index in [4.69, 9.17) is 0 Å². The van der Waals surface area contributed by atoms with Crippen LogP contribution in [0.25, 0.3) is 10.9 Å². The number of aromatic amines is 1. The second kappa shape index (κ2) is 6.36. The largest absolute Gasteiger partial charge is 0.361 e. The number of rotatable bonds is 5. The Morgan fingerprint density at radius 1 is 1.27 bits per heavy atom. The molecule has 0 radical (unpaired) electrons. The minimum Gasteiger partial charge on any atom is -0.361 e. The molecule has 0 unspecified atom stereocenters. The molecular formula is C18H20N2OS. The van der Waals surface area contributed by atoms with E-state index in [1.54, 1.807) is 11.3 Å². The Labute approximate surface area is 134 Å². The lowest BCUT2D eigenvalue weighted by atomic mass is 10.1. The van der Waals surface area contributed by atoms with Crippen LogP contribution < -0.4 is 5.32 Å². The van der Waals surface area contributed by atoms with Crippen molar-refractivity contribution in [2.75, 3.05) is 6.54 Å². The number of benzene rings is 1. The van der Waals surface area contributed by atoms with Crippen LogP contribution in [-0.2, 0) is 12.8 Å². The van der Waals surface area contributed by atoms with Crippen LogP contribution in [0.5, 0.6) is 0 Å². The maximum atomic E-state index is 12.2. The van der Waals surface area contributed by atoms with Crippen LogP contribution in [0.4, 0.5) is 0 Å². The fourth-order valence-corrected chi connectivity index (χ4v) is 3.75. The zero-order valence-corrected chi connectivity index (χ0v) is 13.7. The van der Waals surface area contributed by atoms with Gasteiger partial charge in [-0.1, -0.05) is 25.1 Å². The van der Waals surface area contributed by atoms with Crippen molar-refractivity contribution in [1.29, 1.82) is 0 Å². The predicted octanol–water partition coefficient (Wildman–Crippen LogP) is 4.07. The molecule has 0 aliphatic heterocycles. The van der Waals surface area contributed by atoms with Gasteiger partial charge in [0.15, 0.2) is 0 Å². The van der Waals surface area contributed by atoms with Gasteiger partial charge < -0.3 is 10.3 Å². The molecule has 2 aromatic heterocycles. The molecule has 3 nitrogen and oxygen atoms in total. The average molecular weight is 312 g/mol. The SMILES string of the molecule is CCc1cc(C(=O)NCCc2c[nH]c3ccccc23)sc1C. The summed E-state index contributed by atoms with van der Waals surface area (Å²) in [5, 5.41) is 4.26. The predicted molar refractivity (Wildman–Crippen MR) is 92.8 cm³/mol. The number of para-hydroxylation sites is 1. The van der Waals surface area contributed by atoms with Crippen molar-refractivity contribution in [1.82, 2.24) is 10.3 Å². The molecule has 4 heteroatoms. The summed E-state index contributed by atoms with van der Waals surface area (Å²) in [6.07, 6.45) is 3.84. The maximum absolute atomic E-state index is 12.2. The highest BCUT2D eigenvalue weighted by Gasteiger charge is 2.11. The van der Waals surface area contributed by atoms with Crippen LogP contribution in [0.2, 0.25) is 0 Å². The number of nitrogens with one attached hydrogen (secondary N) is 2. The van der Waals surface area contributed by atoms with Crippen LogP contribution in [0.1, 0.15) is 32.6 Å². The third kappa shape index (κ3) is 2.92. The van der Waals surface area contributed by atoms with Gasteiger partial charge in [0.05, 0.1) is 4.88 Å². The van der Waals surface area contributed by atoms with Crippen LogP contribution in [-0.4, -0.2) is 17.4 Å². The van der Waals surface area contributed by atoms with Gasteiger partial charge in [-0.25, -0.2) is 0 Å². The van der Waals surface area contributed by atoms with E-state index in [-0.39, 0.29) is 5.91 Å². The van der Waals surface area contributed by atoms with Crippen molar-refractivity contribution in [2.24, 2.45) is 0 Å². The second-order valence-corrected chi connectivity index (χ2v) is 6.67. The van der Waals surface area contributed by atoms with Crippen molar-refractivity contribution in [3.05, 3.63) is 57.4 Å². The Morgan fingerprint density at radius 2 is 2.09 bits per heavy atom. The minimum atomic E-state index is 0.0349. The summed E-state index contributed by atoms with van der Waals surface area (Å²) < 4.78 is 0. The van der Waals surface area contributed by atoms with E-state index in [1.807, 2.05) is 24.4 Å². The minimum absolute atomic E-state index is 0.0349. The number of hydrogen-bond acceptors (Lipinski definition) is 2. The first-order valence-corrected chi connectivity index (χ1v) is 8.43. The maximum Gasteiger partial charge on any atom is 0.261 e. The van der Waals surface area contributed by atoms with E-state index < -0.39 is 0 Å². The number of carbonyl (C=O) groups is 1. The van der Waals surface area contributed by atoms with Crippen molar-refractivity contribution >= 4 is 28.1 Å². The van der Waals surface area contributed by atoms with Gasteiger partial charge in [-0.3, -0.25) is 4.79 Å². The molecular weight excluding hydrogens is 292 g/mol. The molecule has 2 N–H and O–H groups in total. The lowest BCUT2D eigenvalue weighted by Crippen LogP contribution is -2.24. The molecule has 0 saturated heterocycles. The molecule has 3 aromatic rings. The summed E-state index contributed by atoms with van der Waals surface area (Å²) in [5.74, 6) is 0.0349. The molecule has 0 spiro atoms. The van der Waals surface area contributed by atoms with Crippen molar-refractivity contribution in [3.63, 3.8) is 0 Å². The van der Waals surface area contributed by atoms with Gasteiger partial charge in [0.2, 0.25) is 0 Å². The Kier molecular flexibility index (Phi) is 4.29. The number of thiophene rings is 1. The number of aryl methyl sites for hydroxylation is 2. The van der Waals surface area contributed by atoms with Gasteiger partial charge in [0, 0.05) is 28.5 Å². The van der Waals surface area contributed by atoms with E-state index in [0.29, 0.717) is 6.54 Å². The van der Waals surface area contributed by atoms with Crippen LogP contribution >= 0.6 is 11.3 Å². The zero-order valence-electron chi connectivity index (χ0n) is 12.9. The topological polar surface area (TPSA) is 44.9 Å². The standard InChI is InChI=1S/C18H20N2OS/c1-3-13-10-17(22-12(13)2)18(21)19-9-8-14-11-20-16-7-5-4-6-15(14)16/h4-7,10-11,20H,3,8-9H2,1-2H3,(H,19,21). The van der Waals surface area contributed by atoms with Gasteiger partial charge in [-0.15, -0.1) is 11.3 Å². The summed E-state index contributed by atoms with van der Waals surface area (Å²) in [5.41, 5.74) is 3.66. The molecule has 2 heterocycles. The molecule has 1 amide bonds. The molecule has 0 atom stereocenters. The Morgan fingerprint density at radius 3 is 2.86 bits per heavy atom. The highest BCUT2D eigenvalue weighted by molar-refractivity contribution is 7.14. The normalized spacial score (nSPS) is 11.0. The molecule has 0 aliphatic rings. The van der Waals surface area contributed by atoms with Crippen molar-refractivity contribution in [3.8, 4) is 0 Å². The van der Waals surface area contributed by atoms with Gasteiger partial charge >= 0.3 is 0 Å². The highest BCUT2D eigenvalue weighted by Crippen LogP contribution is 2.22. The van der Waals surface area contributed by atoms with Crippen molar-refractivity contribution in [2.45, 2.75) is 26.7 Å². The quantitative estimate of drug-likeness (QED) is 0.733. The summed E-state index contributed by atoms with van der Waals surface area (Å²) in [7, 11) is 0. The Bertz CT molecular complexity index is 800. The lowest BCUT2D eigenvalue weighted by Gasteiger charge is -2.03. The van der Waals surface area contributed by atoms with Gasteiger partial charge in [-0.2, -0.15) is 0 Å². The van der Waals surface area contributed by atoms with Crippen LogP contribution in [0, 0.1) is 6.92 Å². The third-order valence-corrected chi connectivity index (χ3v) is 5.07. The molecule has 0 saturated carbocycles. The van der Waals surface area contributed by atoms with E-state index in [0.717, 1.165) is 23.2 Å². The number of aromatic nitrogens is 1. The first-order valence-electron chi connectivity index (χ1n) is 7.61. The first-order chi connectivity index (χ1) is 10.7. The van der Waals surface area contributed by atoms with Gasteiger partial charge in [0.1, 0.15) is 0 Å². The number of hydrogen-bond donors (Lipinski definition) is 2. The number of amides is 1. The molecule has 3 rings (SSSR count).